The molecular weight excluding hydrogens is 395 g/mol. The molecule has 2 heterocycles. The van der Waals surface area contributed by atoms with Crippen LogP contribution in [0.2, 0.25) is 0 Å². The van der Waals surface area contributed by atoms with Crippen LogP contribution in [0, 0.1) is 0 Å². The van der Waals surface area contributed by atoms with Crippen LogP contribution >= 0.6 is 0 Å². The number of likely N-dealkylation sites (tertiary alicyclic amines) is 1. The molecule has 1 saturated heterocycles. The van der Waals surface area contributed by atoms with Gasteiger partial charge in [0.15, 0.2) is 0 Å². The van der Waals surface area contributed by atoms with Crippen molar-refractivity contribution in [3.8, 4) is 5.75 Å². The lowest BCUT2D eigenvalue weighted by atomic mass is 10.0. The molecule has 0 aliphatic carbocycles. The number of ether oxygens (including phenoxy) is 1. The first kappa shape index (κ1) is 21.7. The van der Waals surface area contributed by atoms with E-state index in [1.54, 1.807) is 35.5 Å². The summed E-state index contributed by atoms with van der Waals surface area (Å²) in [4.78, 5) is 18.1. The van der Waals surface area contributed by atoms with Gasteiger partial charge in [-0.1, -0.05) is 23.8 Å². The number of anilines is 1. The Balaban J connectivity index is 1.48. The monoisotopic (exact) mass is 419 g/mol. The highest BCUT2D eigenvalue weighted by Crippen LogP contribution is 2.24. The molecule has 2 amide bonds. The zero-order valence-electron chi connectivity index (χ0n) is 16.5. The van der Waals surface area contributed by atoms with Crippen LogP contribution in [0.1, 0.15) is 31.2 Å². The minimum atomic E-state index is -4.15. The minimum Gasteiger partial charge on any atom is -0.494 e. The molecule has 0 saturated carbocycles. The van der Waals surface area contributed by atoms with Crippen molar-refractivity contribution in [2.75, 3.05) is 25.0 Å². The van der Waals surface area contributed by atoms with E-state index in [4.69, 9.17) is 4.74 Å². The Labute approximate surface area is 173 Å². The van der Waals surface area contributed by atoms with Gasteiger partial charge < -0.3 is 15.0 Å². The third-order valence-electron chi connectivity index (χ3n) is 4.71. The van der Waals surface area contributed by atoms with Crippen LogP contribution in [-0.2, 0) is 0 Å². The summed E-state index contributed by atoms with van der Waals surface area (Å²) in [5.74, 6) is 0.555. The number of alkyl halides is 3. The lowest BCUT2D eigenvalue weighted by Crippen LogP contribution is -2.39. The third-order valence-corrected chi connectivity index (χ3v) is 4.71. The van der Waals surface area contributed by atoms with Crippen LogP contribution in [0.4, 0.5) is 23.7 Å². The Kier molecular flexibility index (Phi) is 7.32. The molecule has 5 nitrogen and oxygen atoms in total. The Morgan fingerprint density at radius 3 is 2.70 bits per heavy atom. The molecule has 0 atom stereocenters. The summed E-state index contributed by atoms with van der Waals surface area (Å²) in [6.07, 6.45) is 1.77. The molecule has 1 fully saturated rings. The van der Waals surface area contributed by atoms with Crippen LogP contribution in [0.15, 0.2) is 54.4 Å². The summed E-state index contributed by atoms with van der Waals surface area (Å²) in [5, 5.41) is 2.84. The number of hydrogen-bond acceptors (Lipinski definition) is 3. The summed E-state index contributed by atoms with van der Waals surface area (Å²) >= 11 is 0. The second-order valence-electron chi connectivity index (χ2n) is 7.10. The highest BCUT2D eigenvalue weighted by Gasteiger charge is 2.26. The van der Waals surface area contributed by atoms with Crippen LogP contribution in [0.5, 0.6) is 5.75 Å². The van der Waals surface area contributed by atoms with Crippen molar-refractivity contribution in [1.29, 1.82) is 0 Å². The fraction of sp³-hybridized carbons (Fsp3) is 0.364. The number of hydrogen-bond donors (Lipinski definition) is 1. The van der Waals surface area contributed by atoms with E-state index >= 15 is 0 Å². The van der Waals surface area contributed by atoms with Crippen molar-refractivity contribution in [1.82, 2.24) is 9.88 Å². The Bertz CT molecular complexity index is 859. The van der Waals surface area contributed by atoms with Crippen LogP contribution in [0.25, 0.3) is 6.08 Å². The van der Waals surface area contributed by atoms with Crippen LogP contribution in [-0.4, -0.2) is 41.8 Å². The second-order valence-corrected chi connectivity index (χ2v) is 7.10. The first-order valence-corrected chi connectivity index (χ1v) is 9.84. The molecule has 8 heteroatoms. The van der Waals surface area contributed by atoms with E-state index < -0.39 is 12.6 Å². The molecule has 0 unspecified atom stereocenters. The smallest absolute Gasteiger partial charge is 0.389 e. The highest BCUT2D eigenvalue weighted by atomic mass is 19.4. The van der Waals surface area contributed by atoms with E-state index in [-0.39, 0.29) is 19.1 Å². The number of halogens is 3. The molecule has 1 aromatic carbocycles. The Hall–Kier alpha value is -3.03. The standard InChI is InChI=1S/C22H24F3N3O2/c23-22(24,25)9-3-13-30-20-6-1-4-18(15-20)14-17-7-11-28(12-8-17)21(29)27-19-5-2-10-26-16-19/h1-2,4-6,10,14-16H,3,7-9,11-13H2,(H,27,29). The fourth-order valence-corrected chi connectivity index (χ4v) is 3.17. The predicted octanol–water partition coefficient (Wildman–Crippen LogP) is 5.51. The first-order valence-electron chi connectivity index (χ1n) is 9.84. The number of piperidine rings is 1. The Morgan fingerprint density at radius 1 is 1.20 bits per heavy atom. The zero-order valence-corrected chi connectivity index (χ0v) is 16.5. The van der Waals surface area contributed by atoms with Gasteiger partial charge in [-0.2, -0.15) is 13.2 Å². The van der Waals surface area contributed by atoms with E-state index in [2.05, 4.69) is 16.4 Å². The SMILES string of the molecule is O=C(Nc1cccnc1)N1CCC(=Cc2cccc(OCCCC(F)(F)F)c2)CC1. The lowest BCUT2D eigenvalue weighted by Gasteiger charge is -2.28. The zero-order chi connectivity index (χ0) is 21.4. The Morgan fingerprint density at radius 2 is 2.00 bits per heavy atom. The predicted molar refractivity (Wildman–Crippen MR) is 109 cm³/mol. The van der Waals surface area contributed by atoms with Gasteiger partial charge in [0, 0.05) is 25.7 Å². The van der Waals surface area contributed by atoms with Crippen molar-refractivity contribution in [2.24, 2.45) is 0 Å². The summed E-state index contributed by atoms with van der Waals surface area (Å²) in [7, 11) is 0. The number of amides is 2. The van der Waals surface area contributed by atoms with Gasteiger partial charge >= 0.3 is 12.2 Å². The van der Waals surface area contributed by atoms with E-state index in [9.17, 15) is 18.0 Å². The largest absolute Gasteiger partial charge is 0.494 e. The number of benzene rings is 1. The normalized spacial score (nSPS) is 14.4. The minimum absolute atomic E-state index is 0.0283. The number of carbonyl (C=O) groups excluding carboxylic acids is 1. The number of carbonyl (C=O) groups is 1. The molecule has 2 aromatic rings. The van der Waals surface area contributed by atoms with Gasteiger partial charge in [0.1, 0.15) is 5.75 Å². The van der Waals surface area contributed by atoms with Gasteiger partial charge in [-0.15, -0.1) is 0 Å². The summed E-state index contributed by atoms with van der Waals surface area (Å²) < 4.78 is 42.0. The maximum atomic E-state index is 12.3. The van der Waals surface area contributed by atoms with Gasteiger partial charge in [-0.05, 0) is 49.1 Å². The number of pyridine rings is 1. The molecule has 30 heavy (non-hydrogen) atoms. The summed E-state index contributed by atoms with van der Waals surface area (Å²) in [6, 6.07) is 10.7. The molecular formula is C22H24F3N3O2. The topological polar surface area (TPSA) is 54.5 Å². The molecule has 3 rings (SSSR count). The van der Waals surface area contributed by atoms with Gasteiger partial charge in [0.25, 0.3) is 0 Å². The number of nitrogens with zero attached hydrogens (tertiary/aromatic N) is 2. The van der Waals surface area contributed by atoms with Gasteiger partial charge in [-0.3, -0.25) is 4.98 Å². The molecule has 0 spiro atoms. The molecule has 1 aliphatic rings. The first-order chi connectivity index (χ1) is 14.4. The maximum Gasteiger partial charge on any atom is 0.389 e. The molecule has 0 bridgehead atoms. The van der Waals surface area contributed by atoms with Crippen LogP contribution in [0.3, 0.4) is 0 Å². The molecule has 0 radical (unpaired) electrons. The van der Waals surface area contributed by atoms with Crippen molar-refractivity contribution in [2.45, 2.75) is 31.9 Å². The van der Waals surface area contributed by atoms with Gasteiger partial charge in [-0.25, -0.2) is 4.79 Å². The summed E-state index contributed by atoms with van der Waals surface area (Å²) in [5.41, 5.74) is 2.82. The second kappa shape index (κ2) is 10.1. The molecule has 1 aromatic heterocycles. The van der Waals surface area contributed by atoms with Crippen molar-refractivity contribution < 1.29 is 22.7 Å². The van der Waals surface area contributed by atoms with E-state index in [1.165, 1.54) is 5.57 Å². The van der Waals surface area contributed by atoms with Crippen molar-refractivity contribution in [3.05, 3.63) is 59.9 Å². The van der Waals surface area contributed by atoms with Crippen molar-refractivity contribution >= 4 is 17.8 Å². The average molecular weight is 419 g/mol. The highest BCUT2D eigenvalue weighted by molar-refractivity contribution is 5.89. The van der Waals surface area contributed by atoms with E-state index in [0.29, 0.717) is 24.5 Å². The van der Waals surface area contributed by atoms with Gasteiger partial charge in [0.2, 0.25) is 0 Å². The van der Waals surface area contributed by atoms with Gasteiger partial charge in [0.05, 0.1) is 18.5 Å². The maximum absolute atomic E-state index is 12.3. The quantitative estimate of drug-likeness (QED) is 0.628. The summed E-state index contributed by atoms with van der Waals surface area (Å²) in [6.45, 7) is 1.26. The number of nitrogens with one attached hydrogen (secondary N) is 1. The molecule has 1 N–H and O–H groups in total. The molecule has 160 valence electrons. The third kappa shape index (κ3) is 7.09. The average Bonchev–Trinajstić information content (AvgIpc) is 2.72. The lowest BCUT2D eigenvalue weighted by molar-refractivity contribution is -0.136. The van der Waals surface area contributed by atoms with E-state index in [1.807, 2.05) is 18.2 Å². The van der Waals surface area contributed by atoms with Crippen LogP contribution < -0.4 is 10.1 Å². The number of urea groups is 1. The fourth-order valence-electron chi connectivity index (χ4n) is 3.17. The van der Waals surface area contributed by atoms with Crippen molar-refractivity contribution in [3.63, 3.8) is 0 Å². The molecule has 1 aliphatic heterocycles. The van der Waals surface area contributed by atoms with E-state index in [0.717, 1.165) is 18.4 Å². The number of rotatable bonds is 6. The number of aromatic nitrogens is 1.